The molecule has 172 valence electrons. The third-order valence-electron chi connectivity index (χ3n) is 4.19. The zero-order chi connectivity index (χ0) is 24.1. The minimum atomic E-state index is -1.15. The molecule has 0 saturated carbocycles. The van der Waals surface area contributed by atoms with Gasteiger partial charge in [0.05, 0.1) is 16.5 Å². The van der Waals surface area contributed by atoms with Crippen LogP contribution in [0.25, 0.3) is 6.08 Å². The summed E-state index contributed by atoms with van der Waals surface area (Å²) >= 11 is 6.15. The second-order valence-corrected chi connectivity index (χ2v) is 9.63. The van der Waals surface area contributed by atoms with Gasteiger partial charge in [-0.2, -0.15) is 0 Å². The maximum Gasteiger partial charge on any atom is 0.341 e. The number of halogens is 2. The molecule has 2 N–H and O–H groups in total. The zero-order valence-corrected chi connectivity index (χ0v) is 21.5. The van der Waals surface area contributed by atoms with Crippen LogP contribution in [0.2, 0.25) is 0 Å². The maximum atomic E-state index is 12.7. The highest BCUT2D eigenvalue weighted by Crippen LogP contribution is 2.39. The molecule has 0 unspecified atom stereocenters. The number of nitrogens with zero attached hydrogens (tertiary/aromatic N) is 1. The van der Waals surface area contributed by atoms with E-state index in [-0.39, 0.29) is 16.4 Å². The first kappa shape index (κ1) is 25.1. The van der Waals surface area contributed by atoms with E-state index >= 15 is 0 Å². The van der Waals surface area contributed by atoms with Crippen LogP contribution in [0.5, 0.6) is 11.5 Å². The summed E-state index contributed by atoms with van der Waals surface area (Å²) in [5.74, 6) is -1.80. The van der Waals surface area contributed by atoms with Crippen LogP contribution in [-0.2, 0) is 14.4 Å². The van der Waals surface area contributed by atoms with E-state index in [9.17, 15) is 19.2 Å². The van der Waals surface area contributed by atoms with Crippen molar-refractivity contribution in [2.24, 2.45) is 0 Å². The van der Waals surface area contributed by atoms with E-state index in [0.29, 0.717) is 15.7 Å². The lowest BCUT2D eigenvalue weighted by molar-refractivity contribution is -0.139. The highest BCUT2D eigenvalue weighted by molar-refractivity contribution is 14.1. The highest BCUT2D eigenvalue weighted by Gasteiger charge is 2.36. The smallest absolute Gasteiger partial charge is 0.341 e. The van der Waals surface area contributed by atoms with Gasteiger partial charge in [0, 0.05) is 9.26 Å². The van der Waals surface area contributed by atoms with Gasteiger partial charge in [0.2, 0.25) is 5.91 Å². The van der Waals surface area contributed by atoms with Crippen LogP contribution in [0.15, 0.2) is 45.8 Å². The number of thioether (sulfide) groups is 1. The lowest BCUT2D eigenvalue weighted by Crippen LogP contribution is -2.36. The Morgan fingerprint density at radius 2 is 1.94 bits per heavy atom. The lowest BCUT2D eigenvalue weighted by Gasteiger charge is -2.13. The number of hydrogen-bond acceptors (Lipinski definition) is 7. The fourth-order valence-electron chi connectivity index (χ4n) is 2.76. The summed E-state index contributed by atoms with van der Waals surface area (Å²) in [6, 6.07) is 10.2. The van der Waals surface area contributed by atoms with Crippen LogP contribution in [0.4, 0.5) is 10.5 Å². The molecular formula is C21H16BrIN2O7S. The molecule has 1 aliphatic heterocycles. The Hall–Kier alpha value is -2.58. The first-order valence-electron chi connectivity index (χ1n) is 9.21. The molecule has 1 saturated heterocycles. The minimum absolute atomic E-state index is 0.134. The Balaban J connectivity index is 1.74. The van der Waals surface area contributed by atoms with Crippen LogP contribution in [0.1, 0.15) is 5.56 Å². The summed E-state index contributed by atoms with van der Waals surface area (Å²) in [4.78, 5) is 49.2. The topological polar surface area (TPSA) is 122 Å². The third-order valence-corrected chi connectivity index (χ3v) is 6.41. The molecule has 0 aliphatic carbocycles. The molecule has 3 rings (SSSR count). The summed E-state index contributed by atoms with van der Waals surface area (Å²) in [5, 5.41) is 10.9. The predicted octanol–water partition coefficient (Wildman–Crippen LogP) is 4.20. The number of carboxylic acid groups (broad SMARTS) is 1. The number of imide groups is 1. The number of methoxy groups -OCH3 is 1. The quantitative estimate of drug-likeness (QED) is 0.323. The highest BCUT2D eigenvalue weighted by atomic mass is 127. The molecule has 2 aromatic carbocycles. The van der Waals surface area contributed by atoms with Crippen molar-refractivity contribution in [3.05, 3.63) is 54.9 Å². The fraction of sp³-hybridized carbons (Fsp3) is 0.143. The Bertz CT molecular complexity index is 1150. The Labute approximate surface area is 214 Å². The van der Waals surface area contributed by atoms with E-state index in [0.717, 1.165) is 20.2 Å². The molecule has 1 aliphatic rings. The summed E-state index contributed by atoms with van der Waals surface area (Å²) in [7, 11) is 1.39. The number of aliphatic carboxylic acids is 1. The number of carbonyl (C=O) groups excluding carboxylic acids is 3. The van der Waals surface area contributed by atoms with Gasteiger partial charge in [-0.15, -0.1) is 0 Å². The van der Waals surface area contributed by atoms with E-state index < -0.39 is 36.2 Å². The number of carboxylic acids is 1. The van der Waals surface area contributed by atoms with Gasteiger partial charge in [-0.3, -0.25) is 19.3 Å². The number of anilines is 1. The predicted molar refractivity (Wildman–Crippen MR) is 134 cm³/mol. The number of rotatable bonds is 8. The van der Waals surface area contributed by atoms with Crippen molar-refractivity contribution < 1.29 is 33.8 Å². The van der Waals surface area contributed by atoms with Gasteiger partial charge in [0.1, 0.15) is 6.54 Å². The molecule has 0 spiro atoms. The van der Waals surface area contributed by atoms with E-state index in [1.807, 2.05) is 12.1 Å². The number of hydrogen-bond donors (Lipinski definition) is 2. The summed E-state index contributed by atoms with van der Waals surface area (Å²) in [5.41, 5.74) is 1.07. The average Bonchev–Trinajstić information content (AvgIpc) is 3.01. The van der Waals surface area contributed by atoms with Crippen molar-refractivity contribution in [2.75, 3.05) is 25.6 Å². The summed E-state index contributed by atoms with van der Waals surface area (Å²) < 4.78 is 11.9. The zero-order valence-electron chi connectivity index (χ0n) is 17.0. The number of nitrogens with one attached hydrogen (secondary N) is 1. The van der Waals surface area contributed by atoms with E-state index in [2.05, 4.69) is 43.8 Å². The van der Waals surface area contributed by atoms with Gasteiger partial charge in [0.25, 0.3) is 11.1 Å². The van der Waals surface area contributed by atoms with E-state index in [1.165, 1.54) is 13.2 Å². The Morgan fingerprint density at radius 3 is 2.58 bits per heavy atom. The Kier molecular flexibility index (Phi) is 8.37. The van der Waals surface area contributed by atoms with Crippen LogP contribution < -0.4 is 14.8 Å². The van der Waals surface area contributed by atoms with Crippen LogP contribution >= 0.6 is 50.3 Å². The first-order valence-corrected chi connectivity index (χ1v) is 11.9. The number of ether oxygens (including phenoxy) is 2. The SMILES string of the molecule is COc1cc(/C=C2\SC(=O)N(CC(=O)Nc3ccc(I)cc3)C2=O)cc(Br)c1OCC(=O)O. The molecule has 0 aromatic heterocycles. The van der Waals surface area contributed by atoms with E-state index in [4.69, 9.17) is 14.6 Å². The molecule has 12 heteroatoms. The molecule has 0 atom stereocenters. The number of benzene rings is 2. The van der Waals surface area contributed by atoms with E-state index in [1.54, 1.807) is 24.3 Å². The molecule has 1 heterocycles. The number of carbonyl (C=O) groups is 4. The largest absolute Gasteiger partial charge is 0.493 e. The fourth-order valence-corrected chi connectivity index (χ4v) is 4.53. The minimum Gasteiger partial charge on any atom is -0.493 e. The summed E-state index contributed by atoms with van der Waals surface area (Å²) in [6.07, 6.45) is 1.48. The van der Waals surface area contributed by atoms with Gasteiger partial charge in [0.15, 0.2) is 18.1 Å². The molecule has 0 radical (unpaired) electrons. The molecule has 33 heavy (non-hydrogen) atoms. The van der Waals surface area contributed by atoms with Crippen molar-refractivity contribution in [3.63, 3.8) is 0 Å². The average molecular weight is 647 g/mol. The molecule has 0 bridgehead atoms. The van der Waals surface area contributed by atoms with Crippen LogP contribution in [0, 0.1) is 3.57 Å². The molecule has 1 fully saturated rings. The van der Waals surface area contributed by atoms with Crippen molar-refractivity contribution in [1.82, 2.24) is 4.90 Å². The maximum absolute atomic E-state index is 12.7. The summed E-state index contributed by atoms with van der Waals surface area (Å²) in [6.45, 7) is -0.972. The molecule has 3 amide bonds. The van der Waals surface area contributed by atoms with Gasteiger partial charge in [-0.1, -0.05) is 0 Å². The molecular weight excluding hydrogens is 631 g/mol. The van der Waals surface area contributed by atoms with Crippen molar-refractivity contribution >= 4 is 85.1 Å². The van der Waals surface area contributed by atoms with Gasteiger partial charge in [-0.25, -0.2) is 4.79 Å². The number of amides is 3. The third kappa shape index (κ3) is 6.48. The normalized spacial score (nSPS) is 14.5. The van der Waals surface area contributed by atoms with Gasteiger partial charge >= 0.3 is 5.97 Å². The lowest BCUT2D eigenvalue weighted by atomic mass is 10.2. The van der Waals surface area contributed by atoms with Gasteiger partial charge < -0.3 is 19.9 Å². The second kappa shape index (κ2) is 11.0. The van der Waals surface area contributed by atoms with Crippen molar-refractivity contribution in [1.29, 1.82) is 0 Å². The first-order chi connectivity index (χ1) is 15.7. The van der Waals surface area contributed by atoms with Crippen LogP contribution in [-0.4, -0.2) is 53.3 Å². The van der Waals surface area contributed by atoms with Crippen molar-refractivity contribution in [2.45, 2.75) is 0 Å². The second-order valence-electron chi connectivity index (χ2n) is 6.54. The van der Waals surface area contributed by atoms with Crippen LogP contribution in [0.3, 0.4) is 0 Å². The standard InChI is InChI=1S/C21H16BrIN2O7S/c1-31-15-7-11(6-14(22)19(15)32-10-18(27)28)8-16-20(29)25(21(30)33-16)9-17(26)24-13-4-2-12(23)3-5-13/h2-8H,9-10H2,1H3,(H,24,26)(H,27,28)/b16-8-. The molecule has 2 aromatic rings. The monoisotopic (exact) mass is 646 g/mol. The molecule has 9 nitrogen and oxygen atoms in total. The Morgan fingerprint density at radius 1 is 1.24 bits per heavy atom. The van der Waals surface area contributed by atoms with Gasteiger partial charge in [-0.05, 0) is 98.3 Å². The van der Waals surface area contributed by atoms with Crippen molar-refractivity contribution in [3.8, 4) is 11.5 Å².